The van der Waals surface area contributed by atoms with Gasteiger partial charge in [0.25, 0.3) is 0 Å². The van der Waals surface area contributed by atoms with Gasteiger partial charge >= 0.3 is 50.5 Å². The molecule has 0 aromatic heterocycles. The maximum atomic E-state index is 5.68. The van der Waals surface area contributed by atoms with Crippen LogP contribution in [0.15, 0.2) is 0 Å². The summed E-state index contributed by atoms with van der Waals surface area (Å²) in [4.78, 5) is 25.7. The van der Waals surface area contributed by atoms with Gasteiger partial charge in [-0.1, -0.05) is 235 Å². The van der Waals surface area contributed by atoms with Crippen LogP contribution in [0.2, 0.25) is 0 Å². The second kappa shape index (κ2) is 95.1. The van der Waals surface area contributed by atoms with Crippen LogP contribution in [0, 0.1) is 88.8 Å². The van der Waals surface area contributed by atoms with Gasteiger partial charge in [-0.3, -0.25) is 14.7 Å². The summed E-state index contributed by atoms with van der Waals surface area (Å²) in [5, 5.41) is 0. The molecule has 0 radical (unpaired) electrons. The van der Waals surface area contributed by atoms with E-state index in [1.54, 1.807) is 0 Å². The number of morpholine rings is 1. The number of piperidine rings is 3. The van der Waals surface area contributed by atoms with Crippen LogP contribution in [-0.4, -0.2) is 253 Å². The molecule has 9 heterocycles. The predicted molar refractivity (Wildman–Crippen MR) is 592 cm³/mol. The molecule has 0 N–H and O–H groups in total. The summed E-state index contributed by atoms with van der Waals surface area (Å²) in [5.41, 5.74) is 0. The Balaban J connectivity index is -0.000000143. The molecule has 9 saturated heterocycles. The Morgan fingerprint density at radius 3 is 0.540 bits per heavy atom. The number of likely N-dealkylation sites (tertiary alicyclic amines) is 7. The Kier molecular flexibility index (Phi) is 112. The average Bonchev–Trinajstić information content (AvgIpc) is 1.87. The van der Waals surface area contributed by atoms with Crippen molar-refractivity contribution in [2.75, 3.05) is 138 Å². The van der Waals surface area contributed by atoms with Gasteiger partial charge in [-0.25, -0.2) is 0 Å². The van der Waals surface area contributed by atoms with Crippen molar-refractivity contribution in [3.8, 4) is 0 Å². The summed E-state index contributed by atoms with van der Waals surface area (Å²) in [6.45, 7) is 146. The second-order valence-electron chi connectivity index (χ2n) is 39.9. The SMILES string of the molecule is CC.CC.CC.CC.CC.CC.CC.CC.CC.CC(C)C1CCCN(C(C)C)C1.CC(C)C1CCN(C(C)C)C1.CC(C)C1CCN(C(C)C)C1.CC(C)C1CCN(C(C)C)C1.CC(C)C1CCN(C(C)C)CC1.CC(C)C1CCN(C(C)C)CC1.CC(C)C1CN(C(C)C)C1.CC(C)C1CN(C(C)C)CCO1.CC(C)N1CCN(C(C)C)CC1.I[I-]I. The molecule has 0 aromatic rings. The summed E-state index contributed by atoms with van der Waals surface area (Å²) >= 11 is 5.30. The summed E-state index contributed by atoms with van der Waals surface area (Å²) in [7, 11) is 0. The molecule has 124 heavy (non-hydrogen) atoms. The first kappa shape index (κ1) is 146. The molecule has 9 aliphatic rings. The molecule has 0 aromatic carbocycles. The topological polar surface area (TPSA) is 41.6 Å². The van der Waals surface area contributed by atoms with Crippen LogP contribution in [0.25, 0.3) is 0 Å². The Bertz CT molecular complexity index is 1700. The minimum atomic E-state index is 0.446. The standard InChI is InChI=1S/3C11H23N.C10H22N2.C10H21NO.3C10H21N.C9H19N.9C2H6.I3/c2*1-9(2)11-5-7-12(8-6-11)10(3)4;1-9(2)11-6-5-7-12(8-11)10(3)4;1-9(2)11-5-7-12(8-6-11)10(3)4;1-8(2)10-7-11(9(3)4)5-6-12-10;3*1-8(2)10-5-6-11(7-10)9(3)4;1-7(2)9-5-10(6-9)8(3)4;9*1-2;1-3-2/h3*9-11H,5-8H2,1-4H3;9-10H,5-8H2,1-4H3;8-10H,5-7H2,1-4H3;3*8-10H,5-7H2,1-4H3;7-9H,5-6H2,1-4H3;9*1-2H3;/q;;;;;;;;;;;;;;;;;;-1. The first-order chi connectivity index (χ1) is 58.4. The van der Waals surface area contributed by atoms with E-state index < -0.39 is 0 Å². The van der Waals surface area contributed by atoms with Crippen LogP contribution in [-0.2, 0) is 4.74 Å². The Labute approximate surface area is 821 Å². The van der Waals surface area contributed by atoms with E-state index >= 15 is 0 Å². The van der Waals surface area contributed by atoms with E-state index in [1.165, 1.54) is 176 Å². The third-order valence-corrected chi connectivity index (χ3v) is 26.5. The zero-order valence-electron chi connectivity index (χ0n) is 96.2. The van der Waals surface area contributed by atoms with E-state index in [0.29, 0.717) is 31.3 Å². The molecular formula is C110H248I3N10O-. The molecule has 9 fully saturated rings. The zero-order valence-corrected chi connectivity index (χ0v) is 103. The van der Waals surface area contributed by atoms with Crippen LogP contribution in [0.5, 0.6) is 0 Å². The van der Waals surface area contributed by atoms with Crippen LogP contribution >= 0.6 is 37.2 Å². The number of hydrogen-bond donors (Lipinski definition) is 0. The van der Waals surface area contributed by atoms with Crippen molar-refractivity contribution in [2.24, 2.45) is 88.8 Å². The van der Waals surface area contributed by atoms with Gasteiger partial charge in [-0.2, -0.15) is 0 Å². The zero-order chi connectivity index (χ0) is 99.4. The van der Waals surface area contributed by atoms with Crippen molar-refractivity contribution >= 4 is 37.2 Å². The van der Waals surface area contributed by atoms with Crippen molar-refractivity contribution in [1.82, 2.24) is 49.0 Å². The fourth-order valence-electron chi connectivity index (χ4n) is 16.5. The average molecular weight is 2110 g/mol. The van der Waals surface area contributed by atoms with E-state index in [2.05, 4.69) is 335 Å². The number of rotatable bonds is 18. The van der Waals surface area contributed by atoms with E-state index in [-0.39, 0.29) is 0 Å². The molecule has 766 valence electrons. The quantitative estimate of drug-likeness (QED) is 0.123. The molecule has 0 bridgehead atoms. The van der Waals surface area contributed by atoms with E-state index in [9.17, 15) is 0 Å². The van der Waals surface area contributed by atoms with Crippen LogP contribution in [0.1, 0.15) is 432 Å². The first-order valence-electron chi connectivity index (χ1n) is 54.3. The van der Waals surface area contributed by atoms with Crippen molar-refractivity contribution < 1.29 is 18.0 Å². The minimum absolute atomic E-state index is 0.446. The number of piperazine rings is 1. The molecule has 0 spiro atoms. The summed E-state index contributed by atoms with van der Waals surface area (Å²) in [6, 6.07) is 7.35. The monoisotopic (exact) mass is 2110 g/mol. The van der Waals surface area contributed by atoms with Gasteiger partial charge in [0.2, 0.25) is 0 Å². The van der Waals surface area contributed by atoms with Gasteiger partial charge in [-0.15, -0.1) is 0 Å². The van der Waals surface area contributed by atoms with E-state index in [0.717, 1.165) is 157 Å². The molecule has 0 amide bonds. The third kappa shape index (κ3) is 74.0. The van der Waals surface area contributed by atoms with Gasteiger partial charge in [0.15, 0.2) is 0 Å². The molecule has 0 saturated carbocycles. The Morgan fingerprint density at radius 1 is 0.185 bits per heavy atom. The number of nitrogens with zero attached hydrogens (tertiary/aromatic N) is 10. The predicted octanol–water partition coefficient (Wildman–Crippen LogP) is 28.6. The van der Waals surface area contributed by atoms with Crippen molar-refractivity contribution in [3.05, 3.63) is 0 Å². The third-order valence-electron chi connectivity index (χ3n) is 26.5. The molecule has 14 heteroatoms. The molecule has 9 rings (SSSR count). The fraction of sp³-hybridized carbons (Fsp3) is 1.00. The van der Waals surface area contributed by atoms with Crippen molar-refractivity contribution in [2.45, 2.75) is 498 Å². The van der Waals surface area contributed by atoms with Gasteiger partial charge in [0.05, 0.1) is 12.7 Å². The van der Waals surface area contributed by atoms with Crippen LogP contribution < -0.4 is 13.3 Å². The van der Waals surface area contributed by atoms with Gasteiger partial charge in [0, 0.05) is 139 Å². The summed E-state index contributed by atoms with van der Waals surface area (Å²) in [6.07, 6.45) is 13.2. The molecule has 5 atom stereocenters. The number of ether oxygens (including phenoxy) is 1. The molecule has 5 unspecified atom stereocenters. The van der Waals surface area contributed by atoms with E-state index in [4.69, 9.17) is 4.74 Å². The molecule has 11 nitrogen and oxygen atoms in total. The van der Waals surface area contributed by atoms with Crippen molar-refractivity contribution in [3.63, 3.8) is 0 Å². The summed E-state index contributed by atoms with van der Waals surface area (Å²) in [5.74, 6) is 13.6. The van der Waals surface area contributed by atoms with Crippen molar-refractivity contribution in [1.29, 1.82) is 0 Å². The Morgan fingerprint density at radius 2 is 0.355 bits per heavy atom. The van der Waals surface area contributed by atoms with Gasteiger partial charge < -0.3 is 39.0 Å². The molecule has 0 aliphatic carbocycles. The van der Waals surface area contributed by atoms with E-state index in [1.807, 2.05) is 125 Å². The molecular weight excluding hydrogens is 1860 g/mol. The fourth-order valence-corrected chi connectivity index (χ4v) is 16.5. The number of halogens is 3. The second-order valence-corrected chi connectivity index (χ2v) is 56.2. The van der Waals surface area contributed by atoms with Crippen LogP contribution in [0.3, 0.4) is 0 Å². The van der Waals surface area contributed by atoms with Crippen LogP contribution in [0.4, 0.5) is 0 Å². The summed E-state index contributed by atoms with van der Waals surface area (Å²) < 4.78 is 5.68. The normalized spacial score (nSPS) is 21.4. The number of hydrogen-bond acceptors (Lipinski definition) is 11. The van der Waals surface area contributed by atoms with Gasteiger partial charge in [-0.05, 0) is 337 Å². The maximum absolute atomic E-state index is 5.68. The first-order valence-corrected chi connectivity index (χ1v) is 66.9. The molecule has 9 aliphatic heterocycles. The van der Waals surface area contributed by atoms with Gasteiger partial charge in [0.1, 0.15) is 0 Å². The Hall–Kier alpha value is 1.75.